The standard InChI is InChI=1S/C26H31F3N6O2/c1-37-17-20-9-13-34(14-10-20)22-15-23(33-25(32-22)26(27,28)29)35-12-2-3-21(35)24(36)31-11-8-18-4-6-19(16-30)7-5-18/h4-7,15,20-21H,2-3,8-14,17H2,1H3,(H,31,36). The highest BCUT2D eigenvalue weighted by Crippen LogP contribution is 2.34. The summed E-state index contributed by atoms with van der Waals surface area (Å²) >= 11 is 0. The Morgan fingerprint density at radius 2 is 1.84 bits per heavy atom. The van der Waals surface area contributed by atoms with Gasteiger partial charge < -0.3 is 19.9 Å². The monoisotopic (exact) mass is 516 g/mol. The van der Waals surface area contributed by atoms with Crippen LogP contribution in [-0.4, -0.2) is 61.8 Å². The third-order valence-corrected chi connectivity index (χ3v) is 6.94. The van der Waals surface area contributed by atoms with Crippen molar-refractivity contribution in [2.45, 2.75) is 44.3 Å². The average molecular weight is 517 g/mol. The number of nitrogens with one attached hydrogen (secondary N) is 1. The number of ether oxygens (including phenoxy) is 1. The Balaban J connectivity index is 1.46. The van der Waals surface area contributed by atoms with Crippen LogP contribution in [0.3, 0.4) is 0 Å². The molecule has 8 nitrogen and oxygen atoms in total. The van der Waals surface area contributed by atoms with Gasteiger partial charge in [-0.1, -0.05) is 12.1 Å². The van der Waals surface area contributed by atoms with Crippen LogP contribution in [0.4, 0.5) is 24.8 Å². The number of benzene rings is 1. The molecule has 11 heteroatoms. The van der Waals surface area contributed by atoms with Gasteiger partial charge in [-0.25, -0.2) is 9.97 Å². The minimum Gasteiger partial charge on any atom is -0.384 e. The van der Waals surface area contributed by atoms with E-state index in [1.807, 2.05) is 17.0 Å². The number of hydrogen-bond donors (Lipinski definition) is 1. The number of nitriles is 1. The van der Waals surface area contributed by atoms with Gasteiger partial charge in [-0.15, -0.1) is 0 Å². The number of carbonyl (C=O) groups is 1. The van der Waals surface area contributed by atoms with Crippen molar-refractivity contribution in [3.63, 3.8) is 0 Å². The van der Waals surface area contributed by atoms with Crippen LogP contribution in [0.15, 0.2) is 30.3 Å². The number of hydrogen-bond acceptors (Lipinski definition) is 7. The Hall–Kier alpha value is -3.39. The lowest BCUT2D eigenvalue weighted by Crippen LogP contribution is -2.44. The van der Waals surface area contributed by atoms with Gasteiger partial charge in [-0.2, -0.15) is 18.4 Å². The molecule has 0 spiro atoms. The lowest BCUT2D eigenvalue weighted by Gasteiger charge is -2.33. The Bertz CT molecular complexity index is 1110. The Labute approximate surface area is 214 Å². The second kappa shape index (κ2) is 11.8. The fourth-order valence-corrected chi connectivity index (χ4v) is 4.93. The second-order valence-corrected chi connectivity index (χ2v) is 9.49. The summed E-state index contributed by atoms with van der Waals surface area (Å²) in [4.78, 5) is 24.2. The molecule has 2 fully saturated rings. The van der Waals surface area contributed by atoms with E-state index in [0.717, 1.165) is 18.4 Å². The first kappa shape index (κ1) is 26.7. The molecule has 2 aliphatic heterocycles. The van der Waals surface area contributed by atoms with Crippen LogP contribution in [0.25, 0.3) is 0 Å². The molecule has 0 saturated carbocycles. The number of halogens is 3. The molecular weight excluding hydrogens is 485 g/mol. The first-order chi connectivity index (χ1) is 17.8. The van der Waals surface area contributed by atoms with Gasteiger partial charge in [-0.3, -0.25) is 4.79 Å². The van der Waals surface area contributed by atoms with E-state index in [-0.39, 0.29) is 17.5 Å². The lowest BCUT2D eigenvalue weighted by molar-refractivity contribution is -0.144. The van der Waals surface area contributed by atoms with Crippen molar-refractivity contribution in [1.82, 2.24) is 15.3 Å². The number of methoxy groups -OCH3 is 1. The normalized spacial score (nSPS) is 18.6. The largest absolute Gasteiger partial charge is 0.451 e. The summed E-state index contributed by atoms with van der Waals surface area (Å²) < 4.78 is 46.4. The number of amides is 1. The number of piperidine rings is 1. The first-order valence-corrected chi connectivity index (χ1v) is 12.5. The molecule has 2 aromatic rings. The highest BCUT2D eigenvalue weighted by molar-refractivity contribution is 5.85. The van der Waals surface area contributed by atoms with Crippen LogP contribution in [0.5, 0.6) is 0 Å². The minimum absolute atomic E-state index is 0.126. The van der Waals surface area contributed by atoms with Crippen molar-refractivity contribution in [2.24, 2.45) is 5.92 Å². The van der Waals surface area contributed by atoms with E-state index >= 15 is 0 Å². The van der Waals surface area contributed by atoms with Crippen LogP contribution < -0.4 is 15.1 Å². The molecule has 1 N–H and O–H groups in total. The van der Waals surface area contributed by atoms with Crippen molar-refractivity contribution in [3.8, 4) is 6.07 Å². The first-order valence-electron chi connectivity index (χ1n) is 12.5. The molecule has 4 rings (SSSR count). The quantitative estimate of drug-likeness (QED) is 0.573. The Kier molecular flexibility index (Phi) is 8.48. The topological polar surface area (TPSA) is 94.4 Å². The van der Waals surface area contributed by atoms with Gasteiger partial charge in [0, 0.05) is 46.0 Å². The molecule has 1 amide bonds. The predicted octanol–water partition coefficient (Wildman–Crippen LogP) is 3.56. The zero-order valence-corrected chi connectivity index (χ0v) is 20.8. The van der Waals surface area contributed by atoms with Crippen LogP contribution >= 0.6 is 0 Å². The predicted molar refractivity (Wildman–Crippen MR) is 132 cm³/mol. The zero-order valence-electron chi connectivity index (χ0n) is 20.8. The second-order valence-electron chi connectivity index (χ2n) is 9.49. The van der Waals surface area contributed by atoms with Gasteiger partial charge >= 0.3 is 6.18 Å². The highest BCUT2D eigenvalue weighted by Gasteiger charge is 2.38. The average Bonchev–Trinajstić information content (AvgIpc) is 3.39. The smallest absolute Gasteiger partial charge is 0.384 e. The molecular formula is C26H31F3N6O2. The van der Waals surface area contributed by atoms with Crippen molar-refractivity contribution in [2.75, 3.05) is 49.7 Å². The fraction of sp³-hybridized carbons (Fsp3) is 0.538. The van der Waals surface area contributed by atoms with Gasteiger partial charge in [-0.05, 0) is 55.7 Å². The molecule has 1 unspecified atom stereocenters. The molecule has 1 atom stereocenters. The molecule has 1 aromatic heterocycles. The lowest BCUT2D eigenvalue weighted by atomic mass is 9.98. The third-order valence-electron chi connectivity index (χ3n) is 6.94. The number of carbonyl (C=O) groups excluding carboxylic acids is 1. The maximum atomic E-state index is 13.7. The zero-order chi connectivity index (χ0) is 26.4. The van der Waals surface area contributed by atoms with Crippen LogP contribution in [0.2, 0.25) is 0 Å². The Morgan fingerprint density at radius 3 is 2.49 bits per heavy atom. The van der Waals surface area contributed by atoms with Crippen molar-refractivity contribution < 1.29 is 22.7 Å². The Morgan fingerprint density at radius 1 is 1.14 bits per heavy atom. The van der Waals surface area contributed by atoms with Crippen LogP contribution in [0, 0.1) is 17.2 Å². The van der Waals surface area contributed by atoms with Crippen LogP contribution in [-0.2, 0) is 22.1 Å². The number of aromatic nitrogens is 2. The van der Waals surface area contributed by atoms with Gasteiger partial charge in [0.1, 0.15) is 17.7 Å². The van der Waals surface area contributed by atoms with E-state index < -0.39 is 18.0 Å². The number of alkyl halides is 3. The molecule has 37 heavy (non-hydrogen) atoms. The number of rotatable bonds is 8. The van der Waals surface area contributed by atoms with Gasteiger partial charge in [0.25, 0.3) is 0 Å². The van der Waals surface area contributed by atoms with E-state index in [0.29, 0.717) is 63.5 Å². The molecule has 2 aliphatic rings. The van der Waals surface area contributed by atoms with E-state index in [1.54, 1.807) is 30.2 Å². The van der Waals surface area contributed by atoms with Crippen molar-refractivity contribution in [1.29, 1.82) is 5.26 Å². The molecule has 2 saturated heterocycles. The van der Waals surface area contributed by atoms with Gasteiger partial charge in [0.05, 0.1) is 11.6 Å². The summed E-state index contributed by atoms with van der Waals surface area (Å²) in [5, 5.41) is 11.8. The summed E-state index contributed by atoms with van der Waals surface area (Å²) in [7, 11) is 1.65. The minimum atomic E-state index is -4.70. The SMILES string of the molecule is COCC1CCN(c2cc(N3CCCC3C(=O)NCCc3ccc(C#N)cc3)nc(C(F)(F)F)n2)CC1. The molecule has 0 bridgehead atoms. The van der Waals surface area contributed by atoms with Crippen LogP contribution in [0.1, 0.15) is 42.6 Å². The summed E-state index contributed by atoms with van der Waals surface area (Å²) in [6.45, 7) is 2.63. The molecule has 1 aromatic carbocycles. The summed E-state index contributed by atoms with van der Waals surface area (Å²) in [6.07, 6.45) is -1.29. The van der Waals surface area contributed by atoms with E-state index in [9.17, 15) is 18.0 Å². The summed E-state index contributed by atoms with van der Waals surface area (Å²) in [6, 6.07) is 10.2. The van der Waals surface area contributed by atoms with Gasteiger partial charge in [0.15, 0.2) is 0 Å². The van der Waals surface area contributed by atoms with Gasteiger partial charge in [0.2, 0.25) is 11.7 Å². The maximum Gasteiger partial charge on any atom is 0.451 e. The maximum absolute atomic E-state index is 13.7. The van der Waals surface area contributed by atoms with E-state index in [2.05, 4.69) is 21.4 Å². The van der Waals surface area contributed by atoms with E-state index in [1.165, 1.54) is 0 Å². The highest BCUT2D eigenvalue weighted by atomic mass is 19.4. The molecule has 0 aliphatic carbocycles. The molecule has 0 radical (unpaired) electrons. The fourth-order valence-electron chi connectivity index (χ4n) is 4.93. The van der Waals surface area contributed by atoms with E-state index in [4.69, 9.17) is 10.00 Å². The third kappa shape index (κ3) is 6.68. The van der Waals surface area contributed by atoms with Crippen molar-refractivity contribution in [3.05, 3.63) is 47.3 Å². The summed E-state index contributed by atoms with van der Waals surface area (Å²) in [5.41, 5.74) is 1.54. The number of nitrogens with zero attached hydrogens (tertiary/aromatic N) is 5. The molecule has 198 valence electrons. The number of anilines is 2. The summed E-state index contributed by atoms with van der Waals surface area (Å²) in [5.74, 6) is -0.687. The van der Waals surface area contributed by atoms with Crippen molar-refractivity contribution >= 4 is 17.5 Å². The molecule has 3 heterocycles.